The van der Waals surface area contributed by atoms with Crippen LogP contribution >= 0.6 is 0 Å². The molecule has 2 saturated heterocycles. The molecule has 0 spiro atoms. The fourth-order valence-electron chi connectivity index (χ4n) is 3.89. The van der Waals surface area contributed by atoms with E-state index in [4.69, 9.17) is 23.7 Å². The SMILES string of the molecule is C=C(C)C(=O)OCC1OC(OC(C)(C)C)C(NC(C)=O)C(OC2OC(C(=O)O)[C@@H](C)C(O)C2O)C1O. The van der Waals surface area contributed by atoms with Crippen molar-refractivity contribution in [3.63, 3.8) is 0 Å². The molecule has 9 unspecified atom stereocenters. The molecule has 2 aliphatic rings. The van der Waals surface area contributed by atoms with Crippen LogP contribution < -0.4 is 5.32 Å². The average Bonchev–Trinajstić information content (AvgIpc) is 2.75. The van der Waals surface area contributed by atoms with Crippen molar-refractivity contribution in [3.8, 4) is 0 Å². The monoisotopic (exact) mass is 519 g/mol. The maximum absolute atomic E-state index is 12.0. The Labute approximate surface area is 209 Å². The van der Waals surface area contributed by atoms with Gasteiger partial charge in [0.05, 0.1) is 11.7 Å². The zero-order valence-electron chi connectivity index (χ0n) is 21.2. The number of carboxylic acids is 1. The van der Waals surface area contributed by atoms with E-state index in [1.165, 1.54) is 20.8 Å². The van der Waals surface area contributed by atoms with Gasteiger partial charge in [0.25, 0.3) is 0 Å². The van der Waals surface area contributed by atoms with E-state index in [1.54, 1.807) is 20.8 Å². The van der Waals surface area contributed by atoms with Crippen LogP contribution in [0.5, 0.6) is 0 Å². The van der Waals surface area contributed by atoms with Gasteiger partial charge in [0, 0.05) is 18.4 Å². The second-order valence-corrected chi connectivity index (χ2v) is 10.1. The molecular formula is C23H37NO12. The van der Waals surface area contributed by atoms with Crippen molar-refractivity contribution >= 4 is 17.8 Å². The number of carbonyl (C=O) groups is 3. The van der Waals surface area contributed by atoms with Gasteiger partial charge in [0.15, 0.2) is 18.7 Å². The van der Waals surface area contributed by atoms with Gasteiger partial charge >= 0.3 is 11.9 Å². The van der Waals surface area contributed by atoms with Crippen LogP contribution in [-0.2, 0) is 38.1 Å². The molecule has 0 radical (unpaired) electrons. The number of ether oxygens (including phenoxy) is 5. The van der Waals surface area contributed by atoms with Crippen LogP contribution in [0.2, 0.25) is 0 Å². The van der Waals surface area contributed by atoms with E-state index in [2.05, 4.69) is 11.9 Å². The molecule has 2 rings (SSSR count). The first-order valence-electron chi connectivity index (χ1n) is 11.5. The summed E-state index contributed by atoms with van der Waals surface area (Å²) < 4.78 is 28.1. The molecule has 206 valence electrons. The van der Waals surface area contributed by atoms with E-state index in [9.17, 15) is 34.8 Å². The predicted molar refractivity (Wildman–Crippen MR) is 121 cm³/mol. The highest BCUT2D eigenvalue weighted by Crippen LogP contribution is 2.33. The van der Waals surface area contributed by atoms with Crippen molar-refractivity contribution < 1.29 is 58.5 Å². The number of nitrogens with one attached hydrogen (secondary N) is 1. The Hall–Kier alpha value is -2.13. The van der Waals surface area contributed by atoms with Crippen LogP contribution in [0, 0.1) is 5.92 Å². The zero-order chi connectivity index (χ0) is 27.5. The first kappa shape index (κ1) is 30.1. The molecule has 0 bridgehead atoms. The number of aliphatic hydroxyl groups is 3. The van der Waals surface area contributed by atoms with Gasteiger partial charge in [-0.15, -0.1) is 0 Å². The average molecular weight is 520 g/mol. The minimum absolute atomic E-state index is 0.119. The van der Waals surface area contributed by atoms with Gasteiger partial charge in [0.2, 0.25) is 5.91 Å². The standard InChI is InChI=1S/C23H37NO12/c1-9(2)20(31)32-8-12-15(27)18(13(24-11(4)25)21(33-12)36-23(5,6)7)35-22-16(28)14(26)10(3)17(34-22)19(29)30/h10,12-18,21-22,26-28H,1,8H2,2-7H3,(H,24,25)(H,29,30)/t10-,12?,13?,14?,15?,16?,17?,18?,21?,22?/m0/s1. The van der Waals surface area contributed by atoms with Gasteiger partial charge in [-0.3, -0.25) is 4.79 Å². The van der Waals surface area contributed by atoms with Gasteiger partial charge in [0.1, 0.15) is 37.1 Å². The number of carboxylic acid groups (broad SMARTS) is 1. The lowest BCUT2D eigenvalue weighted by molar-refractivity contribution is -0.342. The lowest BCUT2D eigenvalue weighted by atomic mass is 9.90. The third-order valence-corrected chi connectivity index (χ3v) is 5.70. The first-order valence-corrected chi connectivity index (χ1v) is 11.5. The Morgan fingerprint density at radius 1 is 1.00 bits per heavy atom. The van der Waals surface area contributed by atoms with Crippen molar-refractivity contribution in [3.05, 3.63) is 12.2 Å². The van der Waals surface area contributed by atoms with E-state index < -0.39 is 91.2 Å². The summed E-state index contributed by atoms with van der Waals surface area (Å²) in [5.74, 6) is -3.60. The Balaban J connectivity index is 2.40. The number of hydrogen-bond acceptors (Lipinski definition) is 11. The summed E-state index contributed by atoms with van der Waals surface area (Å²) in [6.45, 7) is 12.3. The van der Waals surface area contributed by atoms with Crippen LogP contribution in [0.3, 0.4) is 0 Å². The number of hydrogen-bond donors (Lipinski definition) is 5. The van der Waals surface area contributed by atoms with Crippen LogP contribution in [0.25, 0.3) is 0 Å². The Kier molecular flexibility index (Phi) is 9.99. The molecule has 0 aromatic heterocycles. The van der Waals surface area contributed by atoms with Crippen LogP contribution in [0.15, 0.2) is 12.2 Å². The fourth-order valence-corrected chi connectivity index (χ4v) is 3.89. The zero-order valence-corrected chi connectivity index (χ0v) is 21.2. The summed E-state index contributed by atoms with van der Waals surface area (Å²) in [4.78, 5) is 35.5. The van der Waals surface area contributed by atoms with Crippen molar-refractivity contribution in [2.24, 2.45) is 5.92 Å². The number of carbonyl (C=O) groups excluding carboxylic acids is 2. The topological polar surface area (TPSA) is 190 Å². The molecule has 13 nitrogen and oxygen atoms in total. The number of esters is 1. The van der Waals surface area contributed by atoms with Gasteiger partial charge < -0.3 is 49.4 Å². The molecule has 0 aliphatic carbocycles. The molecule has 10 atom stereocenters. The second kappa shape index (κ2) is 11.9. The van der Waals surface area contributed by atoms with Crippen LogP contribution in [0.4, 0.5) is 0 Å². The molecule has 0 aromatic carbocycles. The lowest BCUT2D eigenvalue weighted by Gasteiger charge is -2.48. The molecular weight excluding hydrogens is 482 g/mol. The van der Waals surface area contributed by atoms with Crippen molar-refractivity contribution in [2.75, 3.05) is 6.61 Å². The van der Waals surface area contributed by atoms with Crippen molar-refractivity contribution in [1.82, 2.24) is 5.32 Å². The molecule has 2 fully saturated rings. The second-order valence-electron chi connectivity index (χ2n) is 10.1. The number of amides is 1. The van der Waals surface area contributed by atoms with E-state index in [0.29, 0.717) is 0 Å². The lowest BCUT2D eigenvalue weighted by Crippen LogP contribution is -2.68. The molecule has 0 aromatic rings. The van der Waals surface area contributed by atoms with Gasteiger partial charge in [-0.25, -0.2) is 9.59 Å². The third kappa shape index (κ3) is 7.44. The number of aliphatic hydroxyl groups excluding tert-OH is 3. The van der Waals surface area contributed by atoms with Gasteiger partial charge in [-0.1, -0.05) is 13.5 Å². The highest BCUT2D eigenvalue weighted by atomic mass is 16.7. The Bertz CT molecular complexity index is 826. The summed E-state index contributed by atoms with van der Waals surface area (Å²) in [5.41, 5.74) is -0.679. The smallest absolute Gasteiger partial charge is 0.333 e. The third-order valence-electron chi connectivity index (χ3n) is 5.70. The Morgan fingerprint density at radius 2 is 1.61 bits per heavy atom. The Morgan fingerprint density at radius 3 is 2.11 bits per heavy atom. The minimum Gasteiger partial charge on any atom is -0.479 e. The molecule has 2 aliphatic heterocycles. The summed E-state index contributed by atoms with van der Waals surface area (Å²) >= 11 is 0. The number of rotatable bonds is 8. The van der Waals surface area contributed by atoms with Crippen LogP contribution in [-0.4, -0.2) is 106 Å². The first-order chi connectivity index (χ1) is 16.5. The maximum Gasteiger partial charge on any atom is 0.333 e. The highest BCUT2D eigenvalue weighted by Gasteiger charge is 2.53. The molecule has 5 N–H and O–H groups in total. The number of aliphatic carboxylic acids is 1. The fraction of sp³-hybridized carbons (Fsp3) is 0.783. The predicted octanol–water partition coefficient (Wildman–Crippen LogP) is -0.936. The normalized spacial score (nSPS) is 37.1. The largest absolute Gasteiger partial charge is 0.479 e. The van der Waals surface area contributed by atoms with Gasteiger partial charge in [-0.05, 0) is 27.7 Å². The van der Waals surface area contributed by atoms with Crippen LogP contribution in [0.1, 0.15) is 41.5 Å². The van der Waals surface area contributed by atoms with Crippen molar-refractivity contribution in [1.29, 1.82) is 0 Å². The molecule has 1 amide bonds. The molecule has 2 heterocycles. The quantitative estimate of drug-likeness (QED) is 0.196. The van der Waals surface area contributed by atoms with E-state index in [0.717, 1.165) is 0 Å². The summed E-state index contributed by atoms with van der Waals surface area (Å²) in [6.07, 6.45) is -11.8. The summed E-state index contributed by atoms with van der Waals surface area (Å²) in [7, 11) is 0. The maximum atomic E-state index is 12.0. The summed E-state index contributed by atoms with van der Waals surface area (Å²) in [6, 6.07) is -1.17. The highest BCUT2D eigenvalue weighted by molar-refractivity contribution is 5.86. The molecule has 13 heteroatoms. The van der Waals surface area contributed by atoms with E-state index in [-0.39, 0.29) is 5.57 Å². The van der Waals surface area contributed by atoms with Gasteiger partial charge in [-0.2, -0.15) is 0 Å². The molecule has 36 heavy (non-hydrogen) atoms. The van der Waals surface area contributed by atoms with E-state index >= 15 is 0 Å². The van der Waals surface area contributed by atoms with Crippen molar-refractivity contribution in [2.45, 2.75) is 102 Å². The minimum atomic E-state index is -1.69. The molecule has 0 saturated carbocycles. The van der Waals surface area contributed by atoms with E-state index in [1.807, 2.05) is 0 Å². The summed E-state index contributed by atoms with van der Waals surface area (Å²) in [5, 5.41) is 44.1.